The lowest BCUT2D eigenvalue weighted by molar-refractivity contribution is -0.138. The Balaban J connectivity index is 1.70. The van der Waals surface area contributed by atoms with Gasteiger partial charge in [-0.1, -0.05) is 72.8 Å². The second-order valence-electron chi connectivity index (χ2n) is 11.6. The van der Waals surface area contributed by atoms with Gasteiger partial charge >= 0.3 is 12.4 Å². The molecular weight excluding hydrogens is 771 g/mol. The van der Waals surface area contributed by atoms with Crippen LogP contribution in [-0.4, -0.2) is 36.2 Å². The monoisotopic (exact) mass is 790 g/mol. The first-order chi connectivity index (χ1) is 26.1. The van der Waals surface area contributed by atoms with Crippen LogP contribution in [0.3, 0.4) is 0 Å². The van der Waals surface area contributed by atoms with E-state index in [2.05, 4.69) is 21.3 Å². The zero-order chi connectivity index (χ0) is 41.1. The number of benzene rings is 6. The van der Waals surface area contributed by atoms with Gasteiger partial charge in [0, 0.05) is 21.9 Å². The number of aromatic hydroxyl groups is 2. The van der Waals surface area contributed by atoms with E-state index < -0.39 is 110 Å². The fraction of sp³-hybridized carbons (Fsp3) is 0.0588. The Bertz CT molecular complexity index is 2710. The van der Waals surface area contributed by atoms with Crippen LogP contribution in [0.5, 0.6) is 11.5 Å². The van der Waals surface area contributed by atoms with Crippen molar-refractivity contribution < 1.29 is 65.3 Å². The molecule has 0 aliphatic carbocycles. The second-order valence-corrected chi connectivity index (χ2v) is 14.3. The molecule has 6 aromatic carbocycles. The van der Waals surface area contributed by atoms with E-state index in [-0.39, 0.29) is 21.5 Å². The lowest BCUT2D eigenvalue weighted by Crippen LogP contribution is -2.11. The number of fused-ring (bicyclic) bond motifs is 2. The van der Waals surface area contributed by atoms with Gasteiger partial charge in [0.25, 0.3) is 20.2 Å². The van der Waals surface area contributed by atoms with Gasteiger partial charge in [0.2, 0.25) is 2.82 Å². The molecule has 54 heavy (non-hydrogen) atoms. The molecule has 6 rings (SSSR count). The summed E-state index contributed by atoms with van der Waals surface area (Å²) in [5.41, 5.74) is -4.71. The average molecular weight is 791 g/mol. The first kappa shape index (κ1) is 35.1. The standard InChI is InChI=1S/C34H20F6N4O8S2/c35-33(36,37)23-13-15(9-11-21(23)25-17-5-1-3-7-19(17)29(45)27(43-41)31(25)53(47,48)49)16-10-12-22(24(14-16)34(38,39)40)26-18-6-2-4-8-20(18)30(46)28(44-42)32(26)54(50,51)52/h1-14,41-42,45-46H,(H,47,48,49)(H,50,51,52)/b43-41+,44-42+. The maximum Gasteiger partial charge on any atom is 0.417 e. The lowest BCUT2D eigenvalue weighted by atomic mass is 9.88. The van der Waals surface area contributed by atoms with E-state index >= 15 is 0 Å². The predicted octanol–water partition coefficient (Wildman–Crippen LogP) is 10.3. The smallest absolute Gasteiger partial charge is 0.417 e. The Hall–Kier alpha value is -5.96. The topological polar surface area (TPSA) is 222 Å². The summed E-state index contributed by atoms with van der Waals surface area (Å²) in [6.07, 6.45) is -10.7. The van der Waals surface area contributed by atoms with Crippen LogP contribution >= 0.6 is 0 Å². The van der Waals surface area contributed by atoms with Crippen molar-refractivity contribution in [3.05, 3.63) is 96.1 Å². The fourth-order valence-corrected chi connectivity index (χ4v) is 8.06. The van der Waals surface area contributed by atoms with E-state index in [1.807, 2.05) is 0 Å². The molecule has 0 atom stereocenters. The number of halogens is 6. The zero-order valence-electron chi connectivity index (χ0n) is 28.4. The van der Waals surface area contributed by atoms with E-state index in [9.17, 15) is 62.5 Å². The van der Waals surface area contributed by atoms with Crippen molar-refractivity contribution in [3.63, 3.8) is 0 Å². The molecule has 0 bridgehead atoms. The Morgan fingerprint density at radius 3 is 1.19 bits per heavy atom. The maximum absolute atomic E-state index is 14.9. The van der Waals surface area contributed by atoms with Crippen molar-refractivity contribution in [3.8, 4) is 44.9 Å². The van der Waals surface area contributed by atoms with Crippen LogP contribution in [0, 0.1) is 11.0 Å². The van der Waals surface area contributed by atoms with Crippen LogP contribution < -0.4 is 0 Å². The van der Waals surface area contributed by atoms with Crippen molar-refractivity contribution in [2.24, 2.45) is 10.2 Å². The minimum absolute atomic E-state index is 0.265. The van der Waals surface area contributed by atoms with E-state index in [1.165, 1.54) is 36.4 Å². The van der Waals surface area contributed by atoms with Gasteiger partial charge in [-0.2, -0.15) is 53.4 Å². The third kappa shape index (κ3) is 6.27. The molecule has 0 saturated heterocycles. The third-order valence-corrected chi connectivity index (χ3v) is 10.3. The molecule has 0 spiro atoms. The Labute approximate surface area is 302 Å². The predicted molar refractivity (Wildman–Crippen MR) is 180 cm³/mol. The van der Waals surface area contributed by atoms with Gasteiger partial charge in [0.1, 0.15) is 21.2 Å². The lowest BCUT2D eigenvalue weighted by Gasteiger charge is -2.21. The van der Waals surface area contributed by atoms with Crippen LogP contribution in [0.15, 0.2) is 105 Å². The van der Waals surface area contributed by atoms with Gasteiger partial charge in [0.15, 0.2) is 11.5 Å². The molecule has 0 heterocycles. The fourth-order valence-electron chi connectivity index (χ4n) is 6.34. The van der Waals surface area contributed by atoms with E-state index in [1.54, 1.807) is 0 Å². The minimum atomic E-state index is -5.55. The number of phenols is 2. The van der Waals surface area contributed by atoms with Crippen LogP contribution in [0.2, 0.25) is 2.82 Å². The zero-order valence-corrected chi connectivity index (χ0v) is 28.0. The molecule has 0 aliphatic heterocycles. The molecule has 12 nitrogen and oxygen atoms in total. The highest BCUT2D eigenvalue weighted by molar-refractivity contribution is 7.86. The molecule has 0 aromatic heterocycles. The molecule has 0 saturated carbocycles. The van der Waals surface area contributed by atoms with Gasteiger partial charge < -0.3 is 10.2 Å². The SMILES string of the molecule is [H]/N=N/c1c(S(=O)(=O)O)c(-c2ccc(-c3ccc(-c4c(S(=O)(=O)O)c(/N=N/[H])c(O)c5ccccc45)c(C(F)(F)F)c3)cc2C(F)(F)F)c2ccccc2c1O. The highest BCUT2D eigenvalue weighted by Gasteiger charge is 2.40. The van der Waals surface area contributed by atoms with Gasteiger partial charge in [-0.3, -0.25) is 9.11 Å². The van der Waals surface area contributed by atoms with Crippen molar-refractivity contribution in [1.29, 1.82) is 11.0 Å². The number of nitrogens with one attached hydrogen (secondary N) is 2. The van der Waals surface area contributed by atoms with Gasteiger partial charge in [0.05, 0.1) is 11.1 Å². The largest absolute Gasteiger partial charge is 0.505 e. The summed E-state index contributed by atoms with van der Waals surface area (Å²) in [4.78, 5) is -2.71. The number of alkyl halides is 6. The minimum Gasteiger partial charge on any atom is -0.505 e. The van der Waals surface area contributed by atoms with E-state index in [4.69, 9.17) is 2.82 Å². The first-order valence-corrected chi connectivity index (χ1v) is 17.6. The Kier molecular flexibility index (Phi) is 8.36. The molecule has 0 fully saturated rings. The summed E-state index contributed by atoms with van der Waals surface area (Å²) in [6.45, 7) is 0. The van der Waals surface area contributed by atoms with Crippen LogP contribution in [0.25, 0.3) is 54.9 Å². The first-order valence-electron chi connectivity index (χ1n) is 15.6. The quantitative estimate of drug-likeness (QED) is 0.0517. The molecular formula is C34H20F6N4O8S2. The van der Waals surface area contributed by atoms with Crippen LogP contribution in [0.1, 0.15) is 11.1 Å². The number of nitrogens with zero attached hydrogens (tertiary/aromatic N) is 2. The summed E-state index contributed by atoms with van der Waals surface area (Å²) in [5, 5.41) is 26.8. The molecule has 0 amide bonds. The highest BCUT2D eigenvalue weighted by atomic mass is 32.2. The summed E-state index contributed by atoms with van der Waals surface area (Å²) in [7, 11) is -11.1. The third-order valence-electron chi connectivity index (χ3n) is 8.47. The van der Waals surface area contributed by atoms with Crippen molar-refractivity contribution in [2.75, 3.05) is 0 Å². The van der Waals surface area contributed by atoms with Gasteiger partial charge in [-0.15, -0.1) is 0 Å². The summed E-state index contributed by atoms with van der Waals surface area (Å²) in [5.74, 6) is -1.90. The van der Waals surface area contributed by atoms with Crippen molar-refractivity contribution >= 4 is 53.2 Å². The van der Waals surface area contributed by atoms with Gasteiger partial charge in [-0.05, 0) is 45.2 Å². The normalized spacial score (nSPS) is 13.6. The molecule has 0 aliphatic rings. The summed E-state index contributed by atoms with van der Waals surface area (Å²) in [6, 6.07) is 13.8. The number of hydrogen-bond acceptors (Lipinski definition) is 10. The molecule has 0 radical (unpaired) electrons. The average Bonchev–Trinajstić information content (AvgIpc) is 3.11. The Morgan fingerprint density at radius 2 is 0.889 bits per heavy atom. The number of phenolic OH excluding ortho intramolecular Hbond substituents is 2. The summed E-state index contributed by atoms with van der Waals surface area (Å²) >= 11 is 0. The van der Waals surface area contributed by atoms with Crippen molar-refractivity contribution in [2.45, 2.75) is 22.1 Å². The molecule has 278 valence electrons. The van der Waals surface area contributed by atoms with Crippen molar-refractivity contribution in [1.82, 2.24) is 0 Å². The van der Waals surface area contributed by atoms with E-state index in [0.717, 1.165) is 24.3 Å². The second kappa shape index (κ2) is 12.9. The van der Waals surface area contributed by atoms with E-state index in [0.29, 0.717) is 24.3 Å². The molecule has 6 N–H and O–H groups in total. The summed E-state index contributed by atoms with van der Waals surface area (Å²) < 4.78 is 175. The molecule has 6 aromatic rings. The van der Waals surface area contributed by atoms with Crippen LogP contribution in [-0.2, 0) is 32.6 Å². The number of hydrogen-bond donors (Lipinski definition) is 6. The maximum atomic E-state index is 14.9. The van der Waals surface area contributed by atoms with Crippen LogP contribution in [0.4, 0.5) is 37.7 Å². The molecule has 20 heteroatoms. The highest BCUT2D eigenvalue weighted by Crippen LogP contribution is 2.53. The number of rotatable bonds is 7. The molecule has 0 unspecified atom stereocenters. The van der Waals surface area contributed by atoms with Gasteiger partial charge in [-0.25, -0.2) is 11.0 Å². The Morgan fingerprint density at radius 1 is 0.556 bits per heavy atom.